The van der Waals surface area contributed by atoms with Crippen LogP contribution in [0.2, 0.25) is 0 Å². The molecule has 124 valence electrons. The zero-order valence-corrected chi connectivity index (χ0v) is 13.9. The minimum Gasteiger partial charge on any atom is -0.337 e. The minimum atomic E-state index is -0.0123. The smallest absolute Gasteiger partial charge is 0.317 e. The number of carbonyl (C=O) groups is 2. The molecule has 2 saturated heterocycles. The Morgan fingerprint density at radius 3 is 2.27 bits per heavy atom. The predicted octanol–water partition coefficient (Wildman–Crippen LogP) is 2.36. The molecular weight excluding hydrogens is 278 g/mol. The molecule has 0 aromatic heterocycles. The van der Waals surface area contributed by atoms with Gasteiger partial charge in [0.05, 0.1) is 5.92 Å². The summed E-state index contributed by atoms with van der Waals surface area (Å²) >= 11 is 0. The van der Waals surface area contributed by atoms with Crippen LogP contribution in [-0.2, 0) is 4.79 Å². The number of piperidine rings is 2. The molecular formula is C17H29N3O2. The van der Waals surface area contributed by atoms with Crippen molar-refractivity contribution in [3.63, 3.8) is 0 Å². The molecule has 0 radical (unpaired) electrons. The molecule has 0 aromatic rings. The van der Waals surface area contributed by atoms with E-state index in [1.54, 1.807) is 0 Å². The summed E-state index contributed by atoms with van der Waals surface area (Å²) in [5.41, 5.74) is 0. The van der Waals surface area contributed by atoms with Crippen molar-refractivity contribution in [2.75, 3.05) is 13.1 Å². The number of nitrogens with one attached hydrogen (secondary N) is 1. The second kappa shape index (κ2) is 6.47. The third-order valence-electron chi connectivity index (χ3n) is 5.41. The SMILES string of the molecule is CC1CCCC(C)N1C(=O)C1CCCN(C(=O)NC2CC2)C1. The van der Waals surface area contributed by atoms with Crippen LogP contribution >= 0.6 is 0 Å². The largest absolute Gasteiger partial charge is 0.337 e. The molecule has 0 bridgehead atoms. The maximum Gasteiger partial charge on any atom is 0.317 e. The monoisotopic (exact) mass is 307 g/mol. The number of hydrogen-bond donors (Lipinski definition) is 1. The molecule has 2 heterocycles. The van der Waals surface area contributed by atoms with Gasteiger partial charge >= 0.3 is 6.03 Å². The van der Waals surface area contributed by atoms with Gasteiger partial charge in [-0.1, -0.05) is 0 Å². The molecule has 3 fully saturated rings. The Hall–Kier alpha value is -1.26. The number of carbonyl (C=O) groups excluding carboxylic acids is 2. The van der Waals surface area contributed by atoms with Gasteiger partial charge in [-0.05, 0) is 58.8 Å². The van der Waals surface area contributed by atoms with Gasteiger partial charge in [0.2, 0.25) is 5.91 Å². The number of rotatable bonds is 2. The second-order valence-electron chi connectivity index (χ2n) is 7.38. The van der Waals surface area contributed by atoms with Crippen LogP contribution < -0.4 is 5.32 Å². The molecule has 3 rings (SSSR count). The Kier molecular flexibility index (Phi) is 4.59. The summed E-state index contributed by atoms with van der Waals surface area (Å²) in [5.74, 6) is 0.255. The minimum absolute atomic E-state index is 0.0123. The van der Waals surface area contributed by atoms with Crippen molar-refractivity contribution in [2.24, 2.45) is 5.92 Å². The first-order chi connectivity index (χ1) is 10.6. The molecule has 1 saturated carbocycles. The highest BCUT2D eigenvalue weighted by Gasteiger charge is 2.37. The average molecular weight is 307 g/mol. The van der Waals surface area contributed by atoms with Gasteiger partial charge in [0.1, 0.15) is 0 Å². The summed E-state index contributed by atoms with van der Waals surface area (Å²) in [7, 11) is 0. The fraction of sp³-hybridized carbons (Fsp3) is 0.882. The molecule has 3 atom stereocenters. The summed E-state index contributed by atoms with van der Waals surface area (Å²) in [4.78, 5) is 29.1. The highest BCUT2D eigenvalue weighted by molar-refractivity contribution is 5.81. The molecule has 2 aliphatic heterocycles. The van der Waals surface area contributed by atoms with E-state index < -0.39 is 0 Å². The van der Waals surface area contributed by atoms with Gasteiger partial charge in [0.15, 0.2) is 0 Å². The van der Waals surface area contributed by atoms with Gasteiger partial charge in [-0.3, -0.25) is 4.79 Å². The summed E-state index contributed by atoms with van der Waals surface area (Å²) in [6, 6.07) is 1.09. The first-order valence-electron chi connectivity index (χ1n) is 8.94. The number of urea groups is 1. The van der Waals surface area contributed by atoms with Crippen LogP contribution in [0.25, 0.3) is 0 Å². The molecule has 22 heavy (non-hydrogen) atoms. The molecule has 0 aromatic carbocycles. The van der Waals surface area contributed by atoms with Crippen molar-refractivity contribution in [1.82, 2.24) is 15.1 Å². The third kappa shape index (κ3) is 3.39. The Bertz CT molecular complexity index is 426. The van der Waals surface area contributed by atoms with E-state index in [1.807, 2.05) is 4.90 Å². The lowest BCUT2D eigenvalue weighted by atomic mass is 9.91. The van der Waals surface area contributed by atoms with Gasteiger partial charge in [-0.15, -0.1) is 0 Å². The van der Waals surface area contributed by atoms with E-state index in [2.05, 4.69) is 24.1 Å². The number of amides is 3. The maximum absolute atomic E-state index is 12.9. The number of likely N-dealkylation sites (tertiary alicyclic amines) is 2. The Morgan fingerprint density at radius 2 is 1.64 bits per heavy atom. The van der Waals surface area contributed by atoms with Crippen molar-refractivity contribution >= 4 is 11.9 Å². The predicted molar refractivity (Wildman–Crippen MR) is 85.5 cm³/mol. The van der Waals surface area contributed by atoms with Crippen LogP contribution in [0.1, 0.15) is 58.8 Å². The Balaban J connectivity index is 1.60. The lowest BCUT2D eigenvalue weighted by Crippen LogP contribution is -2.54. The van der Waals surface area contributed by atoms with E-state index in [0.29, 0.717) is 24.7 Å². The number of hydrogen-bond acceptors (Lipinski definition) is 2. The summed E-state index contributed by atoms with van der Waals surface area (Å²) in [6.45, 7) is 5.70. The number of nitrogens with zero attached hydrogens (tertiary/aromatic N) is 2. The Morgan fingerprint density at radius 1 is 0.955 bits per heavy atom. The lowest BCUT2D eigenvalue weighted by Gasteiger charge is -2.42. The molecule has 5 nitrogen and oxygen atoms in total. The van der Waals surface area contributed by atoms with E-state index in [-0.39, 0.29) is 17.9 Å². The normalized spacial score (nSPS) is 32.7. The lowest BCUT2D eigenvalue weighted by molar-refractivity contribution is -0.143. The van der Waals surface area contributed by atoms with Gasteiger partial charge in [-0.2, -0.15) is 0 Å². The molecule has 3 amide bonds. The fourth-order valence-electron chi connectivity index (χ4n) is 3.92. The maximum atomic E-state index is 12.9. The van der Waals surface area contributed by atoms with Crippen molar-refractivity contribution < 1.29 is 9.59 Å². The van der Waals surface area contributed by atoms with Gasteiger partial charge < -0.3 is 15.1 Å². The van der Waals surface area contributed by atoms with E-state index >= 15 is 0 Å². The average Bonchev–Trinajstić information content (AvgIpc) is 3.31. The van der Waals surface area contributed by atoms with E-state index in [1.165, 1.54) is 6.42 Å². The van der Waals surface area contributed by atoms with Crippen molar-refractivity contribution in [1.29, 1.82) is 0 Å². The first kappa shape index (κ1) is 15.6. The van der Waals surface area contributed by atoms with Crippen LogP contribution in [-0.4, -0.2) is 53.0 Å². The van der Waals surface area contributed by atoms with Crippen LogP contribution in [0.3, 0.4) is 0 Å². The summed E-state index contributed by atoms with van der Waals surface area (Å²) in [6.07, 6.45) is 7.48. The van der Waals surface area contributed by atoms with E-state index in [4.69, 9.17) is 0 Å². The van der Waals surface area contributed by atoms with Gasteiger partial charge in [-0.25, -0.2) is 4.79 Å². The third-order valence-corrected chi connectivity index (χ3v) is 5.41. The topological polar surface area (TPSA) is 52.7 Å². The molecule has 1 N–H and O–H groups in total. The van der Waals surface area contributed by atoms with Crippen LogP contribution in [0, 0.1) is 5.92 Å². The highest BCUT2D eigenvalue weighted by Crippen LogP contribution is 2.28. The van der Waals surface area contributed by atoms with Crippen molar-refractivity contribution in [3.8, 4) is 0 Å². The van der Waals surface area contributed by atoms with Gasteiger partial charge in [0.25, 0.3) is 0 Å². The molecule has 1 aliphatic carbocycles. The fourth-order valence-corrected chi connectivity index (χ4v) is 3.92. The molecule has 0 spiro atoms. The second-order valence-corrected chi connectivity index (χ2v) is 7.38. The van der Waals surface area contributed by atoms with Crippen LogP contribution in [0.4, 0.5) is 4.79 Å². The highest BCUT2D eigenvalue weighted by atomic mass is 16.2. The molecule has 3 unspecified atom stereocenters. The van der Waals surface area contributed by atoms with E-state index in [9.17, 15) is 9.59 Å². The quantitative estimate of drug-likeness (QED) is 0.851. The van der Waals surface area contributed by atoms with Gasteiger partial charge in [0, 0.05) is 31.2 Å². The van der Waals surface area contributed by atoms with E-state index in [0.717, 1.165) is 45.1 Å². The standard InChI is InChI=1S/C17H29N3O2/c1-12-5-3-6-13(2)20(12)16(21)14-7-4-10-19(11-14)17(22)18-15-8-9-15/h12-15H,3-11H2,1-2H3,(H,18,22). The van der Waals surface area contributed by atoms with Crippen LogP contribution in [0.15, 0.2) is 0 Å². The molecule has 5 heteroatoms. The molecule has 3 aliphatic rings. The van der Waals surface area contributed by atoms with Crippen molar-refractivity contribution in [2.45, 2.75) is 76.9 Å². The zero-order valence-electron chi connectivity index (χ0n) is 13.9. The van der Waals surface area contributed by atoms with Crippen LogP contribution in [0.5, 0.6) is 0 Å². The summed E-state index contributed by atoms with van der Waals surface area (Å²) in [5, 5.41) is 3.04. The summed E-state index contributed by atoms with van der Waals surface area (Å²) < 4.78 is 0. The first-order valence-corrected chi connectivity index (χ1v) is 8.94. The zero-order chi connectivity index (χ0) is 15.7. The Labute approximate surface area is 133 Å². The van der Waals surface area contributed by atoms with Crippen molar-refractivity contribution in [3.05, 3.63) is 0 Å².